The molecule has 0 saturated carbocycles. The van der Waals surface area contributed by atoms with Crippen LogP contribution in [0.4, 0.5) is 4.39 Å². The van der Waals surface area contributed by atoms with Gasteiger partial charge in [-0.25, -0.2) is 4.39 Å². The number of unbranched alkanes of at least 4 members (excludes halogenated alkanes) is 1. The third kappa shape index (κ3) is 4.99. The van der Waals surface area contributed by atoms with E-state index in [-0.39, 0.29) is 23.9 Å². The monoisotopic (exact) mass is 267 g/mol. The third-order valence-corrected chi connectivity index (χ3v) is 3.13. The van der Waals surface area contributed by atoms with Crippen LogP contribution in [-0.2, 0) is 9.53 Å². The van der Waals surface area contributed by atoms with E-state index in [9.17, 15) is 9.18 Å². The Labute approximate surface area is 114 Å². The van der Waals surface area contributed by atoms with E-state index >= 15 is 0 Å². The summed E-state index contributed by atoms with van der Waals surface area (Å²) < 4.78 is 18.0. The van der Waals surface area contributed by atoms with Crippen molar-refractivity contribution in [1.82, 2.24) is 5.32 Å². The van der Waals surface area contributed by atoms with Crippen LogP contribution in [0, 0.1) is 5.82 Å². The van der Waals surface area contributed by atoms with Crippen LogP contribution in [0.15, 0.2) is 24.3 Å². The molecule has 4 heteroatoms. The first-order valence-corrected chi connectivity index (χ1v) is 6.67. The van der Waals surface area contributed by atoms with Gasteiger partial charge in [0, 0.05) is 6.04 Å². The van der Waals surface area contributed by atoms with Gasteiger partial charge in [-0.05, 0) is 31.0 Å². The Bertz CT molecular complexity index is 409. The van der Waals surface area contributed by atoms with Crippen molar-refractivity contribution in [2.75, 3.05) is 7.11 Å². The van der Waals surface area contributed by atoms with E-state index in [1.165, 1.54) is 19.2 Å². The first kappa shape index (κ1) is 15.6. The van der Waals surface area contributed by atoms with Crippen LogP contribution in [-0.4, -0.2) is 19.1 Å². The number of methoxy groups -OCH3 is 1. The molecular weight excluding hydrogens is 245 g/mol. The average molecular weight is 267 g/mol. The lowest BCUT2D eigenvalue weighted by atomic mass is 10.0. The van der Waals surface area contributed by atoms with E-state index in [0.717, 1.165) is 24.8 Å². The molecule has 1 aromatic carbocycles. The number of rotatable bonds is 7. The van der Waals surface area contributed by atoms with Crippen LogP contribution >= 0.6 is 0 Å². The molecule has 1 rings (SSSR count). The number of carbonyl (C=O) groups is 1. The first-order valence-electron chi connectivity index (χ1n) is 6.67. The fourth-order valence-corrected chi connectivity index (χ4v) is 1.99. The summed E-state index contributed by atoms with van der Waals surface area (Å²) in [5.74, 6) is -0.536. The van der Waals surface area contributed by atoms with Gasteiger partial charge in [-0.3, -0.25) is 10.1 Å². The van der Waals surface area contributed by atoms with Gasteiger partial charge in [0.1, 0.15) is 11.9 Å². The van der Waals surface area contributed by atoms with Gasteiger partial charge in [-0.1, -0.05) is 31.9 Å². The second-order valence-corrected chi connectivity index (χ2v) is 4.66. The van der Waals surface area contributed by atoms with Gasteiger partial charge in [-0.2, -0.15) is 0 Å². The third-order valence-electron chi connectivity index (χ3n) is 3.13. The second kappa shape index (κ2) is 7.89. The van der Waals surface area contributed by atoms with Crippen LogP contribution in [0.3, 0.4) is 0 Å². The number of hydrogen-bond donors (Lipinski definition) is 1. The Kier molecular flexibility index (Phi) is 6.50. The van der Waals surface area contributed by atoms with Gasteiger partial charge < -0.3 is 4.74 Å². The molecule has 0 heterocycles. The molecule has 1 N–H and O–H groups in total. The number of esters is 1. The van der Waals surface area contributed by atoms with Gasteiger partial charge >= 0.3 is 5.97 Å². The van der Waals surface area contributed by atoms with E-state index < -0.39 is 0 Å². The van der Waals surface area contributed by atoms with E-state index in [0.29, 0.717) is 0 Å². The van der Waals surface area contributed by atoms with Crippen molar-refractivity contribution in [2.24, 2.45) is 0 Å². The van der Waals surface area contributed by atoms with Crippen LogP contribution in [0.2, 0.25) is 0 Å². The van der Waals surface area contributed by atoms with E-state index in [2.05, 4.69) is 12.2 Å². The molecule has 0 radical (unpaired) electrons. The molecule has 0 fully saturated rings. The zero-order valence-corrected chi connectivity index (χ0v) is 11.8. The standard InChI is InChI=1S/C15H22FNO2/c1-4-5-9-14(15(18)19-3)17-11(2)12-7-6-8-13(16)10-12/h6-8,10-11,14,17H,4-5,9H2,1-3H3/t11-,14?/m1/s1. The Hall–Kier alpha value is -1.42. The van der Waals surface area contributed by atoms with Gasteiger partial charge in [0.15, 0.2) is 0 Å². The van der Waals surface area contributed by atoms with Gasteiger partial charge in [0.2, 0.25) is 0 Å². The van der Waals surface area contributed by atoms with Crippen molar-refractivity contribution in [3.05, 3.63) is 35.6 Å². The van der Waals surface area contributed by atoms with Crippen LogP contribution < -0.4 is 5.32 Å². The van der Waals surface area contributed by atoms with Crippen molar-refractivity contribution in [3.8, 4) is 0 Å². The molecule has 0 aliphatic rings. The minimum absolute atomic E-state index is 0.100. The Morgan fingerprint density at radius 2 is 2.21 bits per heavy atom. The predicted molar refractivity (Wildman–Crippen MR) is 73.3 cm³/mol. The number of halogens is 1. The molecular formula is C15H22FNO2. The van der Waals surface area contributed by atoms with Gasteiger partial charge in [0.05, 0.1) is 7.11 Å². The molecule has 1 unspecified atom stereocenters. The summed E-state index contributed by atoms with van der Waals surface area (Å²) in [6.45, 7) is 3.99. The highest BCUT2D eigenvalue weighted by Crippen LogP contribution is 2.16. The highest BCUT2D eigenvalue weighted by atomic mass is 19.1. The molecule has 106 valence electrons. The summed E-state index contributed by atoms with van der Waals surface area (Å²) >= 11 is 0. The summed E-state index contributed by atoms with van der Waals surface area (Å²) in [6, 6.07) is 5.95. The summed E-state index contributed by atoms with van der Waals surface area (Å²) in [6.07, 6.45) is 2.69. The van der Waals surface area contributed by atoms with E-state index in [1.807, 2.05) is 13.0 Å². The lowest BCUT2D eigenvalue weighted by Crippen LogP contribution is -2.39. The summed E-state index contributed by atoms with van der Waals surface area (Å²) in [4.78, 5) is 11.7. The molecule has 0 spiro atoms. The van der Waals surface area contributed by atoms with Crippen LogP contribution in [0.25, 0.3) is 0 Å². The number of carbonyl (C=O) groups excluding carboxylic acids is 1. The SMILES string of the molecule is CCCCC(N[C@H](C)c1cccc(F)c1)C(=O)OC. The highest BCUT2D eigenvalue weighted by Gasteiger charge is 2.21. The molecule has 3 nitrogen and oxygen atoms in total. The minimum Gasteiger partial charge on any atom is -0.468 e. The molecule has 2 atom stereocenters. The largest absolute Gasteiger partial charge is 0.468 e. The maximum Gasteiger partial charge on any atom is 0.322 e. The maximum atomic E-state index is 13.2. The lowest BCUT2D eigenvalue weighted by molar-refractivity contribution is -0.143. The lowest BCUT2D eigenvalue weighted by Gasteiger charge is -2.21. The number of benzene rings is 1. The fraction of sp³-hybridized carbons (Fsp3) is 0.533. The average Bonchev–Trinajstić information content (AvgIpc) is 2.42. The molecule has 1 aromatic rings. The zero-order valence-electron chi connectivity index (χ0n) is 11.8. The van der Waals surface area contributed by atoms with E-state index in [1.54, 1.807) is 6.07 Å². The Morgan fingerprint density at radius 3 is 2.79 bits per heavy atom. The molecule has 0 aliphatic carbocycles. The van der Waals surface area contributed by atoms with Gasteiger partial charge in [0.25, 0.3) is 0 Å². The van der Waals surface area contributed by atoms with Gasteiger partial charge in [-0.15, -0.1) is 0 Å². The van der Waals surface area contributed by atoms with Crippen molar-refractivity contribution in [2.45, 2.75) is 45.2 Å². The normalized spacial score (nSPS) is 13.9. The zero-order chi connectivity index (χ0) is 14.3. The Balaban J connectivity index is 2.69. The number of hydrogen-bond acceptors (Lipinski definition) is 3. The molecule has 0 aromatic heterocycles. The minimum atomic E-state index is -0.344. The summed E-state index contributed by atoms with van der Waals surface area (Å²) in [7, 11) is 1.38. The second-order valence-electron chi connectivity index (χ2n) is 4.66. The first-order chi connectivity index (χ1) is 9.08. The number of ether oxygens (including phenoxy) is 1. The molecule has 0 saturated heterocycles. The van der Waals surface area contributed by atoms with Crippen molar-refractivity contribution in [1.29, 1.82) is 0 Å². The summed E-state index contributed by atoms with van der Waals surface area (Å²) in [5.41, 5.74) is 0.824. The van der Waals surface area contributed by atoms with Crippen LogP contribution in [0.5, 0.6) is 0 Å². The quantitative estimate of drug-likeness (QED) is 0.771. The Morgan fingerprint density at radius 1 is 1.47 bits per heavy atom. The number of nitrogens with one attached hydrogen (secondary N) is 1. The van der Waals surface area contributed by atoms with Crippen LogP contribution in [0.1, 0.15) is 44.7 Å². The molecule has 0 amide bonds. The molecule has 19 heavy (non-hydrogen) atoms. The molecule has 0 aliphatic heterocycles. The smallest absolute Gasteiger partial charge is 0.322 e. The fourth-order valence-electron chi connectivity index (χ4n) is 1.99. The van der Waals surface area contributed by atoms with Crippen molar-refractivity contribution in [3.63, 3.8) is 0 Å². The van der Waals surface area contributed by atoms with Crippen molar-refractivity contribution >= 4 is 5.97 Å². The summed E-state index contributed by atoms with van der Waals surface area (Å²) in [5, 5.41) is 3.20. The van der Waals surface area contributed by atoms with E-state index in [4.69, 9.17) is 4.74 Å². The molecule has 0 bridgehead atoms. The topological polar surface area (TPSA) is 38.3 Å². The maximum absolute atomic E-state index is 13.2. The van der Waals surface area contributed by atoms with Crippen molar-refractivity contribution < 1.29 is 13.9 Å². The predicted octanol–water partition coefficient (Wildman–Crippen LogP) is 3.21. The highest BCUT2D eigenvalue weighted by molar-refractivity contribution is 5.75.